The number of benzene rings is 4. The number of hydrogen-bond donors (Lipinski definition) is 2. The summed E-state index contributed by atoms with van der Waals surface area (Å²) in [6.45, 7) is -0.506. The van der Waals surface area contributed by atoms with Gasteiger partial charge in [0.15, 0.2) is 0 Å². The standard InChI is InChI=1S/C25H20ClN3O4S/c26-19-11-13-21(14-12-19)34(32,33)29(20-7-2-1-3-8-20)17-25(31)28-27-16-23-22-9-5-4-6-18(22)10-15-24(23)30/h1-16,30H,17H2,(H,28,31)/b27-16-. The number of anilines is 1. The highest BCUT2D eigenvalue weighted by Crippen LogP contribution is 2.26. The molecule has 0 heterocycles. The Morgan fingerprint density at radius 1 is 0.941 bits per heavy atom. The van der Waals surface area contributed by atoms with E-state index in [9.17, 15) is 18.3 Å². The van der Waals surface area contributed by atoms with Crippen LogP contribution in [0.3, 0.4) is 0 Å². The Balaban J connectivity index is 1.58. The summed E-state index contributed by atoms with van der Waals surface area (Å²) in [6.07, 6.45) is 1.33. The van der Waals surface area contributed by atoms with Crippen LogP contribution in [0, 0.1) is 0 Å². The monoisotopic (exact) mass is 493 g/mol. The van der Waals surface area contributed by atoms with Crippen LogP contribution < -0.4 is 9.73 Å². The van der Waals surface area contributed by atoms with Crippen LogP contribution in [-0.4, -0.2) is 32.2 Å². The van der Waals surface area contributed by atoms with Crippen LogP contribution in [0.1, 0.15) is 5.56 Å². The van der Waals surface area contributed by atoms with Gasteiger partial charge in [-0.1, -0.05) is 60.1 Å². The number of carbonyl (C=O) groups is 1. The second-order valence-corrected chi connectivity index (χ2v) is 9.61. The number of halogens is 1. The predicted octanol–water partition coefficient (Wildman–Crippen LogP) is 4.54. The summed E-state index contributed by atoms with van der Waals surface area (Å²) in [5.74, 6) is -0.648. The zero-order chi connectivity index (χ0) is 24.1. The molecule has 4 rings (SSSR count). The van der Waals surface area contributed by atoms with Gasteiger partial charge in [0.05, 0.1) is 16.8 Å². The molecule has 7 nitrogen and oxygen atoms in total. The van der Waals surface area contributed by atoms with Crippen LogP contribution >= 0.6 is 11.6 Å². The maximum Gasteiger partial charge on any atom is 0.264 e. The predicted molar refractivity (Wildman–Crippen MR) is 134 cm³/mol. The number of amides is 1. The number of hydrazone groups is 1. The molecule has 0 aromatic heterocycles. The van der Waals surface area contributed by atoms with E-state index < -0.39 is 22.5 Å². The number of aromatic hydroxyl groups is 1. The number of fused-ring (bicyclic) bond motifs is 1. The number of phenols is 1. The number of hydrogen-bond acceptors (Lipinski definition) is 5. The summed E-state index contributed by atoms with van der Waals surface area (Å²) in [6, 6.07) is 24.8. The summed E-state index contributed by atoms with van der Waals surface area (Å²) >= 11 is 5.89. The lowest BCUT2D eigenvalue weighted by atomic mass is 10.0. The molecular formula is C25H20ClN3O4S. The Labute approximate surface area is 202 Å². The van der Waals surface area contributed by atoms with Crippen molar-refractivity contribution in [3.63, 3.8) is 0 Å². The molecule has 0 aliphatic carbocycles. The largest absolute Gasteiger partial charge is 0.507 e. The maximum absolute atomic E-state index is 13.3. The first-order chi connectivity index (χ1) is 16.4. The number of para-hydroxylation sites is 1. The molecule has 4 aromatic carbocycles. The highest BCUT2D eigenvalue weighted by molar-refractivity contribution is 7.92. The molecule has 0 radical (unpaired) electrons. The first kappa shape index (κ1) is 23.3. The van der Waals surface area contributed by atoms with Crippen LogP contribution in [0.2, 0.25) is 5.02 Å². The van der Waals surface area contributed by atoms with Gasteiger partial charge < -0.3 is 5.11 Å². The summed E-state index contributed by atoms with van der Waals surface area (Å²) in [4.78, 5) is 12.7. The van der Waals surface area contributed by atoms with Crippen molar-refractivity contribution in [3.8, 4) is 5.75 Å². The zero-order valence-corrected chi connectivity index (χ0v) is 19.4. The number of nitrogens with one attached hydrogen (secondary N) is 1. The topological polar surface area (TPSA) is 99.1 Å². The summed E-state index contributed by atoms with van der Waals surface area (Å²) in [5.41, 5.74) is 3.11. The van der Waals surface area contributed by atoms with Crippen molar-refractivity contribution in [1.29, 1.82) is 0 Å². The minimum absolute atomic E-state index is 0.00210. The Bertz CT molecular complexity index is 1460. The molecule has 9 heteroatoms. The smallest absolute Gasteiger partial charge is 0.264 e. The summed E-state index contributed by atoms with van der Waals surface area (Å²) < 4.78 is 27.6. The number of carbonyl (C=O) groups excluding carboxylic acids is 1. The highest BCUT2D eigenvalue weighted by atomic mass is 35.5. The number of nitrogens with zero attached hydrogens (tertiary/aromatic N) is 2. The molecule has 0 bridgehead atoms. The molecular weight excluding hydrogens is 474 g/mol. The van der Waals surface area contributed by atoms with Gasteiger partial charge in [0.25, 0.3) is 15.9 Å². The minimum atomic E-state index is -4.06. The highest BCUT2D eigenvalue weighted by Gasteiger charge is 2.27. The fourth-order valence-electron chi connectivity index (χ4n) is 3.40. The lowest BCUT2D eigenvalue weighted by Crippen LogP contribution is -2.39. The normalized spacial score (nSPS) is 11.6. The van der Waals surface area contributed by atoms with Gasteiger partial charge in [-0.2, -0.15) is 5.10 Å². The second-order valence-electron chi connectivity index (χ2n) is 7.31. The average Bonchev–Trinajstić information content (AvgIpc) is 2.84. The third-order valence-corrected chi connectivity index (χ3v) is 7.10. The molecule has 2 N–H and O–H groups in total. The van der Waals surface area contributed by atoms with Crippen LogP contribution in [0.15, 0.2) is 101 Å². The molecule has 4 aromatic rings. The van der Waals surface area contributed by atoms with Crippen molar-refractivity contribution in [2.24, 2.45) is 5.10 Å². The molecule has 0 fully saturated rings. The van der Waals surface area contributed by atoms with Crippen molar-refractivity contribution in [1.82, 2.24) is 5.43 Å². The molecule has 0 atom stereocenters. The van der Waals surface area contributed by atoms with Crippen molar-refractivity contribution in [2.45, 2.75) is 4.90 Å². The van der Waals surface area contributed by atoms with Gasteiger partial charge in [-0.25, -0.2) is 13.8 Å². The molecule has 0 spiro atoms. The van der Waals surface area contributed by atoms with Crippen LogP contribution in [0.4, 0.5) is 5.69 Å². The summed E-state index contributed by atoms with van der Waals surface area (Å²) in [7, 11) is -4.06. The molecule has 0 aliphatic heterocycles. The van der Waals surface area contributed by atoms with Crippen molar-refractivity contribution < 1.29 is 18.3 Å². The zero-order valence-electron chi connectivity index (χ0n) is 17.8. The SMILES string of the molecule is O=C(CN(c1ccccc1)S(=O)(=O)c1ccc(Cl)cc1)N/N=C\c1c(O)ccc2ccccc12. The van der Waals surface area contributed by atoms with E-state index in [0.29, 0.717) is 16.3 Å². The summed E-state index contributed by atoms with van der Waals surface area (Å²) in [5, 5.41) is 16.2. The first-order valence-electron chi connectivity index (χ1n) is 10.2. The number of rotatable bonds is 7. The molecule has 172 valence electrons. The van der Waals surface area contributed by atoms with Crippen LogP contribution in [0.25, 0.3) is 10.8 Å². The van der Waals surface area contributed by atoms with Gasteiger partial charge in [-0.05, 0) is 53.2 Å². The minimum Gasteiger partial charge on any atom is -0.507 e. The lowest BCUT2D eigenvalue weighted by Gasteiger charge is -2.23. The van der Waals surface area contributed by atoms with E-state index in [0.717, 1.165) is 15.1 Å². The van der Waals surface area contributed by atoms with E-state index >= 15 is 0 Å². The van der Waals surface area contributed by atoms with Crippen molar-refractivity contribution >= 4 is 50.2 Å². The van der Waals surface area contributed by atoms with E-state index in [4.69, 9.17) is 11.6 Å². The quantitative estimate of drug-likeness (QED) is 0.291. The van der Waals surface area contributed by atoms with Crippen LogP contribution in [-0.2, 0) is 14.8 Å². The molecule has 0 unspecified atom stereocenters. The van der Waals surface area contributed by atoms with Gasteiger partial charge in [-0.15, -0.1) is 0 Å². The van der Waals surface area contributed by atoms with Gasteiger partial charge in [0, 0.05) is 10.6 Å². The molecule has 0 saturated carbocycles. The Morgan fingerprint density at radius 2 is 1.62 bits per heavy atom. The van der Waals surface area contributed by atoms with Crippen LogP contribution in [0.5, 0.6) is 5.75 Å². The lowest BCUT2D eigenvalue weighted by molar-refractivity contribution is -0.119. The Hall–Kier alpha value is -3.88. The maximum atomic E-state index is 13.3. The molecule has 0 saturated heterocycles. The fourth-order valence-corrected chi connectivity index (χ4v) is 4.94. The fraction of sp³-hybridized carbons (Fsp3) is 0.0400. The van der Waals surface area contributed by atoms with Gasteiger partial charge in [0.1, 0.15) is 12.3 Å². The van der Waals surface area contributed by atoms with E-state index in [2.05, 4.69) is 10.5 Å². The van der Waals surface area contributed by atoms with Gasteiger partial charge >= 0.3 is 0 Å². The van der Waals surface area contributed by atoms with E-state index in [-0.39, 0.29) is 10.6 Å². The molecule has 1 amide bonds. The van der Waals surface area contributed by atoms with Crippen molar-refractivity contribution in [3.05, 3.63) is 102 Å². The third-order valence-electron chi connectivity index (χ3n) is 5.06. The van der Waals surface area contributed by atoms with E-state index in [1.807, 2.05) is 24.3 Å². The van der Waals surface area contributed by atoms with Gasteiger partial charge in [0.2, 0.25) is 0 Å². The number of phenolic OH excluding ortho intramolecular Hbond substituents is 1. The Kier molecular flexibility index (Phi) is 6.81. The third kappa shape index (κ3) is 5.03. The second kappa shape index (κ2) is 9.94. The molecule has 0 aliphatic rings. The van der Waals surface area contributed by atoms with E-state index in [1.165, 1.54) is 30.5 Å². The van der Waals surface area contributed by atoms with Gasteiger partial charge in [-0.3, -0.25) is 9.10 Å². The average molecular weight is 494 g/mol. The number of sulfonamides is 1. The first-order valence-corrected chi connectivity index (χ1v) is 12.0. The van der Waals surface area contributed by atoms with E-state index in [1.54, 1.807) is 42.5 Å². The molecule has 34 heavy (non-hydrogen) atoms. The Morgan fingerprint density at radius 3 is 2.35 bits per heavy atom. The van der Waals surface area contributed by atoms with Crippen molar-refractivity contribution in [2.75, 3.05) is 10.8 Å².